The van der Waals surface area contributed by atoms with Crippen molar-refractivity contribution in [2.75, 3.05) is 11.1 Å². The lowest BCUT2D eigenvalue weighted by molar-refractivity contribution is -0.116. The molecule has 2 aromatic carbocycles. The van der Waals surface area contributed by atoms with E-state index in [9.17, 15) is 9.18 Å². The number of amides is 1. The van der Waals surface area contributed by atoms with Crippen LogP contribution in [0.5, 0.6) is 0 Å². The highest BCUT2D eigenvalue weighted by Crippen LogP contribution is 2.23. The standard InChI is InChI=1S/C20H20FN3O2S/c1-13-10-14(2)12-15(11-13)19-23-24-20(26-19)22-18(25)4-3-9-27-17-7-5-16(21)6-8-17/h5-8,10-12H,3-4,9H2,1-2H3,(H,22,24,25). The van der Waals surface area contributed by atoms with Gasteiger partial charge in [-0.05, 0) is 62.4 Å². The molecule has 140 valence electrons. The van der Waals surface area contributed by atoms with E-state index in [0.29, 0.717) is 18.7 Å². The second kappa shape index (κ2) is 8.81. The number of anilines is 1. The van der Waals surface area contributed by atoms with Gasteiger partial charge in [0.2, 0.25) is 11.8 Å². The van der Waals surface area contributed by atoms with Crippen LogP contribution >= 0.6 is 11.8 Å². The molecular weight excluding hydrogens is 365 g/mol. The minimum absolute atomic E-state index is 0.0975. The van der Waals surface area contributed by atoms with Gasteiger partial charge in [0.25, 0.3) is 0 Å². The van der Waals surface area contributed by atoms with Gasteiger partial charge in [0, 0.05) is 16.9 Å². The number of rotatable bonds is 7. The number of benzene rings is 2. The van der Waals surface area contributed by atoms with Crippen LogP contribution in [0.3, 0.4) is 0 Å². The first-order valence-electron chi connectivity index (χ1n) is 8.60. The van der Waals surface area contributed by atoms with Crippen LogP contribution in [0.15, 0.2) is 51.8 Å². The lowest BCUT2D eigenvalue weighted by atomic mass is 10.1. The van der Waals surface area contributed by atoms with E-state index in [0.717, 1.165) is 27.3 Å². The van der Waals surface area contributed by atoms with Gasteiger partial charge in [0.05, 0.1) is 0 Å². The van der Waals surface area contributed by atoms with Crippen LogP contribution in [-0.2, 0) is 4.79 Å². The van der Waals surface area contributed by atoms with E-state index in [4.69, 9.17) is 4.42 Å². The smallest absolute Gasteiger partial charge is 0.322 e. The molecule has 0 fully saturated rings. The quantitative estimate of drug-likeness (QED) is 0.458. The number of thioether (sulfide) groups is 1. The third-order valence-electron chi connectivity index (χ3n) is 3.77. The van der Waals surface area contributed by atoms with Crippen molar-refractivity contribution < 1.29 is 13.6 Å². The minimum Gasteiger partial charge on any atom is -0.403 e. The van der Waals surface area contributed by atoms with Crippen molar-refractivity contribution in [2.45, 2.75) is 31.6 Å². The summed E-state index contributed by atoms with van der Waals surface area (Å²) in [5, 5.41) is 10.5. The molecule has 0 aliphatic rings. The molecule has 7 heteroatoms. The van der Waals surface area contributed by atoms with Crippen LogP contribution in [0.25, 0.3) is 11.5 Å². The first-order chi connectivity index (χ1) is 13.0. The Bertz CT molecular complexity index is 905. The maximum Gasteiger partial charge on any atom is 0.322 e. The van der Waals surface area contributed by atoms with Crippen molar-refractivity contribution >= 4 is 23.7 Å². The fraction of sp³-hybridized carbons (Fsp3) is 0.250. The number of nitrogens with zero attached hydrogens (tertiary/aromatic N) is 2. The van der Waals surface area contributed by atoms with Gasteiger partial charge in [0.1, 0.15) is 5.82 Å². The molecular formula is C20H20FN3O2S. The number of aromatic nitrogens is 2. The van der Waals surface area contributed by atoms with Crippen molar-refractivity contribution in [3.8, 4) is 11.5 Å². The highest BCUT2D eigenvalue weighted by Gasteiger charge is 2.12. The van der Waals surface area contributed by atoms with Crippen LogP contribution in [0, 0.1) is 19.7 Å². The number of hydrogen-bond acceptors (Lipinski definition) is 5. The molecule has 0 bridgehead atoms. The SMILES string of the molecule is Cc1cc(C)cc(-c2nnc(NC(=O)CCCSc3ccc(F)cc3)o2)c1. The zero-order valence-electron chi connectivity index (χ0n) is 15.2. The van der Waals surface area contributed by atoms with Crippen molar-refractivity contribution in [2.24, 2.45) is 0 Å². The molecule has 1 heterocycles. The summed E-state index contributed by atoms with van der Waals surface area (Å²) in [6.07, 6.45) is 1.03. The minimum atomic E-state index is -0.251. The van der Waals surface area contributed by atoms with Gasteiger partial charge < -0.3 is 4.42 Å². The Morgan fingerprint density at radius 3 is 2.52 bits per heavy atom. The van der Waals surface area contributed by atoms with Crippen LogP contribution in [0.4, 0.5) is 10.4 Å². The Labute approximate surface area is 161 Å². The molecule has 1 aromatic heterocycles. The summed E-state index contributed by atoms with van der Waals surface area (Å²) in [6.45, 7) is 4.00. The molecule has 5 nitrogen and oxygen atoms in total. The normalized spacial score (nSPS) is 10.8. The predicted molar refractivity (Wildman–Crippen MR) is 104 cm³/mol. The summed E-state index contributed by atoms with van der Waals surface area (Å²) in [5.74, 6) is 0.712. The monoisotopic (exact) mass is 385 g/mol. The molecule has 0 atom stereocenters. The highest BCUT2D eigenvalue weighted by atomic mass is 32.2. The van der Waals surface area contributed by atoms with Crippen molar-refractivity contribution in [3.05, 3.63) is 59.4 Å². The van der Waals surface area contributed by atoms with Gasteiger partial charge in [0.15, 0.2) is 0 Å². The molecule has 3 aromatic rings. The molecule has 1 N–H and O–H groups in total. The average Bonchev–Trinajstić information content (AvgIpc) is 3.08. The molecule has 0 radical (unpaired) electrons. The van der Waals surface area contributed by atoms with Gasteiger partial charge >= 0.3 is 6.01 Å². The first kappa shape index (κ1) is 19.1. The van der Waals surface area contributed by atoms with E-state index in [1.165, 1.54) is 12.1 Å². The third-order valence-corrected chi connectivity index (χ3v) is 4.87. The van der Waals surface area contributed by atoms with Crippen LogP contribution in [-0.4, -0.2) is 21.9 Å². The zero-order chi connectivity index (χ0) is 19.2. The predicted octanol–water partition coefficient (Wildman–Crippen LogP) is 5.00. The average molecular weight is 385 g/mol. The largest absolute Gasteiger partial charge is 0.403 e. The molecule has 0 spiro atoms. The molecule has 27 heavy (non-hydrogen) atoms. The Morgan fingerprint density at radius 2 is 1.81 bits per heavy atom. The highest BCUT2D eigenvalue weighted by molar-refractivity contribution is 7.99. The van der Waals surface area contributed by atoms with E-state index in [-0.39, 0.29) is 17.7 Å². The Hall–Kier alpha value is -2.67. The summed E-state index contributed by atoms with van der Waals surface area (Å²) in [6, 6.07) is 12.4. The van der Waals surface area contributed by atoms with Crippen LogP contribution in [0.1, 0.15) is 24.0 Å². The Kier molecular flexibility index (Phi) is 6.24. The van der Waals surface area contributed by atoms with E-state index >= 15 is 0 Å². The molecule has 0 saturated heterocycles. The fourth-order valence-corrected chi connectivity index (χ4v) is 3.48. The number of halogens is 1. The maximum atomic E-state index is 12.9. The summed E-state index contributed by atoms with van der Waals surface area (Å²) in [4.78, 5) is 13.0. The topological polar surface area (TPSA) is 68.0 Å². The number of nitrogens with one attached hydrogen (secondary N) is 1. The summed E-state index contributed by atoms with van der Waals surface area (Å²) >= 11 is 1.58. The van der Waals surface area contributed by atoms with E-state index in [1.54, 1.807) is 23.9 Å². The van der Waals surface area contributed by atoms with E-state index in [2.05, 4.69) is 21.6 Å². The number of carbonyl (C=O) groups excluding carboxylic acids is 1. The Morgan fingerprint density at radius 1 is 1.11 bits per heavy atom. The molecule has 0 aliphatic heterocycles. The summed E-state index contributed by atoms with van der Waals surface area (Å²) in [7, 11) is 0. The molecule has 0 aliphatic carbocycles. The summed E-state index contributed by atoms with van der Waals surface area (Å²) < 4.78 is 18.4. The van der Waals surface area contributed by atoms with Crippen molar-refractivity contribution in [3.63, 3.8) is 0 Å². The molecule has 3 rings (SSSR count). The van der Waals surface area contributed by atoms with Crippen LogP contribution in [0.2, 0.25) is 0 Å². The molecule has 1 amide bonds. The van der Waals surface area contributed by atoms with Gasteiger partial charge in [-0.3, -0.25) is 10.1 Å². The van der Waals surface area contributed by atoms with Gasteiger partial charge in [-0.15, -0.1) is 16.9 Å². The van der Waals surface area contributed by atoms with Gasteiger partial charge in [-0.25, -0.2) is 4.39 Å². The third kappa shape index (κ3) is 5.65. The summed E-state index contributed by atoms with van der Waals surface area (Å²) in [5.41, 5.74) is 3.04. The molecule has 0 saturated carbocycles. The number of aryl methyl sites for hydroxylation is 2. The van der Waals surface area contributed by atoms with E-state index < -0.39 is 0 Å². The first-order valence-corrected chi connectivity index (χ1v) is 9.58. The number of carbonyl (C=O) groups is 1. The van der Waals surface area contributed by atoms with E-state index in [1.807, 2.05) is 26.0 Å². The van der Waals surface area contributed by atoms with Gasteiger partial charge in [-0.1, -0.05) is 22.3 Å². The second-order valence-corrected chi connectivity index (χ2v) is 7.41. The Balaban J connectivity index is 1.47. The lowest BCUT2D eigenvalue weighted by Crippen LogP contribution is -2.11. The van der Waals surface area contributed by atoms with Gasteiger partial charge in [-0.2, -0.15) is 0 Å². The second-order valence-electron chi connectivity index (χ2n) is 6.24. The van der Waals surface area contributed by atoms with Crippen molar-refractivity contribution in [1.29, 1.82) is 0 Å². The molecule has 0 unspecified atom stereocenters. The lowest BCUT2D eigenvalue weighted by Gasteiger charge is -2.02. The van der Waals surface area contributed by atoms with Crippen LogP contribution < -0.4 is 5.32 Å². The fourth-order valence-electron chi connectivity index (χ4n) is 2.62. The number of hydrogen-bond donors (Lipinski definition) is 1. The van der Waals surface area contributed by atoms with Crippen molar-refractivity contribution in [1.82, 2.24) is 10.2 Å². The maximum absolute atomic E-state index is 12.9. The zero-order valence-corrected chi connectivity index (χ0v) is 16.0.